The summed E-state index contributed by atoms with van der Waals surface area (Å²) in [6.07, 6.45) is 4.72. The van der Waals surface area contributed by atoms with E-state index in [1.807, 2.05) is 6.92 Å². The van der Waals surface area contributed by atoms with E-state index in [2.05, 4.69) is 5.32 Å². The molecule has 1 saturated heterocycles. The van der Waals surface area contributed by atoms with Crippen molar-refractivity contribution >= 4 is 19.7 Å². The van der Waals surface area contributed by atoms with Crippen molar-refractivity contribution in [3.8, 4) is 0 Å². The van der Waals surface area contributed by atoms with Gasteiger partial charge in [-0.3, -0.25) is 0 Å². The van der Waals surface area contributed by atoms with Crippen molar-refractivity contribution < 1.29 is 16.8 Å². The molecule has 7 heteroatoms. The lowest BCUT2D eigenvalue weighted by Gasteiger charge is -2.30. The zero-order chi connectivity index (χ0) is 14.5. The summed E-state index contributed by atoms with van der Waals surface area (Å²) in [5.41, 5.74) is 0. The minimum absolute atomic E-state index is 0.114. The minimum atomic E-state index is -3.02. The van der Waals surface area contributed by atoms with Gasteiger partial charge in [0.15, 0.2) is 9.84 Å². The predicted molar refractivity (Wildman–Crippen MR) is 77.8 cm³/mol. The van der Waals surface area contributed by atoms with Gasteiger partial charge in [0.2, 0.25) is 0 Å². The summed E-state index contributed by atoms with van der Waals surface area (Å²) in [5.74, 6) is 0.396. The van der Waals surface area contributed by atoms with Crippen LogP contribution >= 0.6 is 0 Å². The van der Waals surface area contributed by atoms with Crippen LogP contribution in [0.25, 0.3) is 0 Å². The lowest BCUT2D eigenvalue weighted by atomic mass is 10.0. The van der Waals surface area contributed by atoms with E-state index in [1.165, 1.54) is 6.26 Å². The Morgan fingerprint density at radius 1 is 1.32 bits per heavy atom. The summed E-state index contributed by atoms with van der Waals surface area (Å²) >= 11 is 0. The van der Waals surface area contributed by atoms with Gasteiger partial charge in [-0.1, -0.05) is 13.3 Å². The molecular weight excluding hydrogens is 286 g/mol. The lowest BCUT2D eigenvalue weighted by Crippen LogP contribution is -2.46. The second-order valence-corrected chi connectivity index (χ2v) is 9.94. The van der Waals surface area contributed by atoms with Crippen molar-refractivity contribution in [2.45, 2.75) is 50.3 Å². The Morgan fingerprint density at radius 2 is 2.00 bits per heavy atom. The molecule has 1 N–H and O–H groups in total. The SMILES string of the molecule is CCNC(CCCS(C)(=O)=O)C1CCCCS1(=O)=O. The van der Waals surface area contributed by atoms with E-state index in [-0.39, 0.29) is 22.8 Å². The number of rotatable bonds is 7. The minimum Gasteiger partial charge on any atom is -0.313 e. The van der Waals surface area contributed by atoms with Crippen molar-refractivity contribution in [3.05, 3.63) is 0 Å². The highest BCUT2D eigenvalue weighted by atomic mass is 32.2. The van der Waals surface area contributed by atoms with Crippen molar-refractivity contribution in [1.82, 2.24) is 5.32 Å². The van der Waals surface area contributed by atoms with E-state index in [1.54, 1.807) is 0 Å². The van der Waals surface area contributed by atoms with Gasteiger partial charge in [-0.15, -0.1) is 0 Å². The van der Waals surface area contributed by atoms with Crippen LogP contribution < -0.4 is 5.32 Å². The molecule has 1 aliphatic heterocycles. The number of nitrogens with one attached hydrogen (secondary N) is 1. The molecule has 1 aliphatic rings. The Kier molecular flexibility index (Phi) is 6.26. The topological polar surface area (TPSA) is 80.3 Å². The molecule has 1 fully saturated rings. The highest BCUT2D eigenvalue weighted by Crippen LogP contribution is 2.24. The molecule has 5 nitrogen and oxygen atoms in total. The van der Waals surface area contributed by atoms with Gasteiger partial charge in [0.25, 0.3) is 0 Å². The Balaban J connectivity index is 2.65. The predicted octanol–water partition coefficient (Wildman–Crippen LogP) is 0.757. The van der Waals surface area contributed by atoms with Crippen LogP contribution in [0.3, 0.4) is 0 Å². The summed E-state index contributed by atoms with van der Waals surface area (Å²) in [6, 6.07) is -0.114. The number of sulfone groups is 2. The van der Waals surface area contributed by atoms with Crippen LogP contribution in [0.4, 0.5) is 0 Å². The van der Waals surface area contributed by atoms with Crippen molar-refractivity contribution in [1.29, 1.82) is 0 Å². The van der Waals surface area contributed by atoms with Gasteiger partial charge in [-0.2, -0.15) is 0 Å². The summed E-state index contributed by atoms with van der Waals surface area (Å²) < 4.78 is 46.5. The average molecular weight is 311 g/mol. The second kappa shape index (κ2) is 7.04. The summed E-state index contributed by atoms with van der Waals surface area (Å²) in [6.45, 7) is 2.65. The molecule has 0 aromatic heterocycles. The highest BCUT2D eigenvalue weighted by molar-refractivity contribution is 7.92. The Labute approximate surface area is 117 Å². The second-order valence-electron chi connectivity index (χ2n) is 5.34. The lowest BCUT2D eigenvalue weighted by molar-refractivity contribution is 0.421. The monoisotopic (exact) mass is 311 g/mol. The first-order valence-corrected chi connectivity index (χ1v) is 10.7. The van der Waals surface area contributed by atoms with Crippen LogP contribution in [-0.2, 0) is 19.7 Å². The molecule has 1 rings (SSSR count). The van der Waals surface area contributed by atoms with E-state index in [0.29, 0.717) is 25.8 Å². The van der Waals surface area contributed by atoms with E-state index < -0.39 is 19.7 Å². The van der Waals surface area contributed by atoms with Crippen LogP contribution in [0.1, 0.15) is 39.0 Å². The third kappa shape index (κ3) is 5.79. The van der Waals surface area contributed by atoms with E-state index in [0.717, 1.165) is 12.8 Å². The molecule has 2 atom stereocenters. The fourth-order valence-corrected chi connectivity index (χ4v) is 5.54. The largest absolute Gasteiger partial charge is 0.313 e. The molecule has 0 spiro atoms. The highest BCUT2D eigenvalue weighted by Gasteiger charge is 2.34. The maximum absolute atomic E-state index is 12.1. The Hall–Kier alpha value is -0.140. The van der Waals surface area contributed by atoms with Crippen molar-refractivity contribution in [3.63, 3.8) is 0 Å². The van der Waals surface area contributed by atoms with Crippen molar-refractivity contribution in [2.24, 2.45) is 0 Å². The van der Waals surface area contributed by atoms with Gasteiger partial charge in [0.1, 0.15) is 9.84 Å². The van der Waals surface area contributed by atoms with Crippen LogP contribution in [0.2, 0.25) is 0 Å². The van der Waals surface area contributed by atoms with Gasteiger partial charge in [0.05, 0.1) is 11.0 Å². The van der Waals surface area contributed by atoms with Gasteiger partial charge in [-0.25, -0.2) is 16.8 Å². The van der Waals surface area contributed by atoms with Crippen LogP contribution in [0, 0.1) is 0 Å². The third-order valence-electron chi connectivity index (χ3n) is 3.57. The molecule has 114 valence electrons. The Morgan fingerprint density at radius 3 is 2.53 bits per heavy atom. The normalized spacial score (nSPS) is 25.1. The first-order chi connectivity index (χ1) is 8.76. The molecular formula is C12H25NO4S2. The Bertz CT molecular complexity index is 470. The number of hydrogen-bond acceptors (Lipinski definition) is 5. The molecule has 0 aromatic rings. The third-order valence-corrected chi connectivity index (χ3v) is 6.95. The molecule has 0 aliphatic carbocycles. The van der Waals surface area contributed by atoms with Crippen LogP contribution in [0.15, 0.2) is 0 Å². The average Bonchev–Trinajstić information content (AvgIpc) is 2.26. The fourth-order valence-electron chi connectivity index (χ4n) is 2.68. The molecule has 0 radical (unpaired) electrons. The molecule has 0 aromatic carbocycles. The smallest absolute Gasteiger partial charge is 0.154 e. The quantitative estimate of drug-likeness (QED) is 0.750. The fraction of sp³-hybridized carbons (Fsp3) is 1.00. The standard InChI is InChI=1S/C12H25NO4S2/c1-3-13-11(7-6-9-18(2,14)15)12-8-4-5-10-19(12,16)17/h11-13H,3-10H2,1-2H3. The van der Waals surface area contributed by atoms with Crippen LogP contribution in [-0.4, -0.2) is 52.4 Å². The van der Waals surface area contributed by atoms with Crippen molar-refractivity contribution in [2.75, 3.05) is 24.3 Å². The van der Waals surface area contributed by atoms with Gasteiger partial charge in [0, 0.05) is 18.1 Å². The van der Waals surface area contributed by atoms with Gasteiger partial charge >= 0.3 is 0 Å². The molecule has 0 bridgehead atoms. The number of hydrogen-bond donors (Lipinski definition) is 1. The zero-order valence-electron chi connectivity index (χ0n) is 11.8. The molecule has 19 heavy (non-hydrogen) atoms. The summed E-state index contributed by atoms with van der Waals surface area (Å²) in [7, 11) is -5.99. The maximum atomic E-state index is 12.1. The van der Waals surface area contributed by atoms with E-state index in [4.69, 9.17) is 0 Å². The van der Waals surface area contributed by atoms with E-state index >= 15 is 0 Å². The molecule has 2 unspecified atom stereocenters. The van der Waals surface area contributed by atoms with Gasteiger partial charge in [-0.05, 0) is 32.2 Å². The zero-order valence-corrected chi connectivity index (χ0v) is 13.4. The summed E-state index contributed by atoms with van der Waals surface area (Å²) in [4.78, 5) is 0. The molecule has 0 saturated carbocycles. The van der Waals surface area contributed by atoms with Gasteiger partial charge < -0.3 is 5.32 Å². The molecule has 1 heterocycles. The summed E-state index contributed by atoms with van der Waals surface area (Å²) in [5, 5.41) is 2.87. The van der Waals surface area contributed by atoms with E-state index in [9.17, 15) is 16.8 Å². The molecule has 0 amide bonds. The first kappa shape index (κ1) is 16.9. The maximum Gasteiger partial charge on any atom is 0.154 e. The van der Waals surface area contributed by atoms with Crippen LogP contribution in [0.5, 0.6) is 0 Å². The first-order valence-electron chi connectivity index (χ1n) is 6.89.